The predicted molar refractivity (Wildman–Crippen MR) is 77.4 cm³/mol. The molecular weight excluding hydrogens is 204 g/mol. The quantitative estimate of drug-likeness (QED) is 0.694. The largest absolute Gasteiger partial charge is 0.0876 e. The third-order valence-electron chi connectivity index (χ3n) is 3.02. The van der Waals surface area contributed by atoms with Crippen LogP contribution in [0.2, 0.25) is 0 Å². The van der Waals surface area contributed by atoms with Crippen LogP contribution in [0.15, 0.2) is 42.5 Å². The Morgan fingerprint density at radius 1 is 1.00 bits per heavy atom. The standard InChI is InChI=1S/C17H18/c1-4-6-7-16-14(5-2)9-10-15-12-13(3)8-11-17(15)16/h4-12H,1-3H3/b6-4+,14-5-,16-7+. The second-order valence-corrected chi connectivity index (χ2v) is 4.27. The zero-order valence-electron chi connectivity index (χ0n) is 10.7. The second-order valence-electron chi connectivity index (χ2n) is 4.27. The molecule has 17 heavy (non-hydrogen) atoms. The molecule has 0 heteroatoms. The minimum absolute atomic E-state index is 1.29. The van der Waals surface area contributed by atoms with Crippen LogP contribution in [0.1, 0.15) is 19.4 Å². The molecule has 2 rings (SSSR count). The van der Waals surface area contributed by atoms with E-state index in [0.717, 1.165) is 0 Å². The summed E-state index contributed by atoms with van der Waals surface area (Å²) in [5.41, 5.74) is 1.31. The van der Waals surface area contributed by atoms with Crippen molar-refractivity contribution in [2.24, 2.45) is 0 Å². The van der Waals surface area contributed by atoms with E-state index in [1.807, 2.05) is 6.92 Å². The van der Waals surface area contributed by atoms with Crippen molar-refractivity contribution in [1.82, 2.24) is 0 Å². The van der Waals surface area contributed by atoms with Gasteiger partial charge in [0.15, 0.2) is 0 Å². The summed E-state index contributed by atoms with van der Waals surface area (Å²) in [5.74, 6) is 0. The summed E-state index contributed by atoms with van der Waals surface area (Å²) < 4.78 is 0. The van der Waals surface area contributed by atoms with Gasteiger partial charge < -0.3 is 0 Å². The van der Waals surface area contributed by atoms with Gasteiger partial charge in [-0.2, -0.15) is 0 Å². The Bertz CT molecular complexity index is 673. The molecule has 0 radical (unpaired) electrons. The van der Waals surface area contributed by atoms with Gasteiger partial charge in [-0.25, -0.2) is 0 Å². The molecule has 0 fully saturated rings. The fourth-order valence-corrected chi connectivity index (χ4v) is 2.12. The van der Waals surface area contributed by atoms with Crippen molar-refractivity contribution in [3.63, 3.8) is 0 Å². The number of aryl methyl sites for hydroxylation is 1. The molecule has 2 aromatic rings. The SMILES string of the molecule is C/C=c1/ccc2cc(C)ccc2/c1=C/C=C/C. The first kappa shape index (κ1) is 11.7. The van der Waals surface area contributed by atoms with Crippen LogP contribution in [0.5, 0.6) is 0 Å². The Morgan fingerprint density at radius 3 is 2.53 bits per heavy atom. The monoisotopic (exact) mass is 222 g/mol. The molecular formula is C17H18. The second kappa shape index (κ2) is 5.01. The van der Waals surface area contributed by atoms with E-state index in [9.17, 15) is 0 Å². The number of hydrogen-bond acceptors (Lipinski definition) is 0. The molecule has 0 saturated carbocycles. The molecule has 0 aliphatic carbocycles. The lowest BCUT2D eigenvalue weighted by molar-refractivity contribution is 1.48. The van der Waals surface area contributed by atoms with Crippen LogP contribution in [0.4, 0.5) is 0 Å². The summed E-state index contributed by atoms with van der Waals surface area (Å²) in [5, 5.41) is 5.23. The zero-order valence-corrected chi connectivity index (χ0v) is 10.7. The molecule has 0 N–H and O–H groups in total. The molecule has 0 aromatic heterocycles. The van der Waals surface area contributed by atoms with Crippen LogP contribution < -0.4 is 10.4 Å². The van der Waals surface area contributed by atoms with Crippen molar-refractivity contribution in [3.05, 3.63) is 58.5 Å². The first-order chi connectivity index (χ1) is 8.26. The molecule has 0 bridgehead atoms. The number of rotatable bonds is 1. The fraction of sp³-hybridized carbons (Fsp3) is 0.176. The minimum atomic E-state index is 1.29. The van der Waals surface area contributed by atoms with Gasteiger partial charge in [0.2, 0.25) is 0 Å². The maximum absolute atomic E-state index is 2.24. The van der Waals surface area contributed by atoms with Crippen molar-refractivity contribution in [2.75, 3.05) is 0 Å². The van der Waals surface area contributed by atoms with E-state index in [-0.39, 0.29) is 0 Å². The Balaban J connectivity index is 2.94. The predicted octanol–water partition coefficient (Wildman–Crippen LogP) is 3.31. The van der Waals surface area contributed by atoms with E-state index in [1.54, 1.807) is 0 Å². The van der Waals surface area contributed by atoms with E-state index >= 15 is 0 Å². The lowest BCUT2D eigenvalue weighted by atomic mass is 10.0. The summed E-state index contributed by atoms with van der Waals surface area (Å²) >= 11 is 0. The highest BCUT2D eigenvalue weighted by molar-refractivity contribution is 5.84. The van der Waals surface area contributed by atoms with E-state index in [0.29, 0.717) is 0 Å². The van der Waals surface area contributed by atoms with E-state index < -0.39 is 0 Å². The van der Waals surface area contributed by atoms with Crippen LogP contribution >= 0.6 is 0 Å². The molecule has 0 spiro atoms. The fourth-order valence-electron chi connectivity index (χ4n) is 2.12. The summed E-state index contributed by atoms with van der Waals surface area (Å²) in [6.45, 7) is 6.26. The van der Waals surface area contributed by atoms with E-state index in [4.69, 9.17) is 0 Å². The van der Waals surface area contributed by atoms with Crippen LogP contribution in [-0.2, 0) is 0 Å². The van der Waals surface area contributed by atoms with Crippen LogP contribution in [0.25, 0.3) is 22.9 Å². The van der Waals surface area contributed by atoms with Crippen molar-refractivity contribution in [1.29, 1.82) is 0 Å². The molecule has 2 aromatic carbocycles. The third-order valence-corrected chi connectivity index (χ3v) is 3.02. The molecule has 0 unspecified atom stereocenters. The summed E-state index contributed by atoms with van der Waals surface area (Å²) in [4.78, 5) is 0. The van der Waals surface area contributed by atoms with Crippen LogP contribution in [-0.4, -0.2) is 0 Å². The lowest BCUT2D eigenvalue weighted by Gasteiger charge is -2.01. The van der Waals surface area contributed by atoms with Gasteiger partial charge in [0.25, 0.3) is 0 Å². The number of hydrogen-bond donors (Lipinski definition) is 0. The summed E-state index contributed by atoms with van der Waals surface area (Å²) in [6, 6.07) is 11.0. The summed E-state index contributed by atoms with van der Waals surface area (Å²) in [6.07, 6.45) is 8.51. The molecule has 0 saturated heterocycles. The molecule has 0 aliphatic rings. The number of fused-ring (bicyclic) bond motifs is 1. The van der Waals surface area contributed by atoms with Gasteiger partial charge in [-0.3, -0.25) is 0 Å². The number of benzene rings is 2. The summed E-state index contributed by atoms with van der Waals surface area (Å²) in [7, 11) is 0. The van der Waals surface area contributed by atoms with Gasteiger partial charge in [-0.15, -0.1) is 0 Å². The van der Waals surface area contributed by atoms with Crippen molar-refractivity contribution < 1.29 is 0 Å². The molecule has 86 valence electrons. The zero-order chi connectivity index (χ0) is 12.3. The molecule has 0 aliphatic heterocycles. The Labute approximate surface area is 103 Å². The Hall–Kier alpha value is -1.82. The molecule has 0 nitrogen and oxygen atoms in total. The van der Waals surface area contributed by atoms with E-state index in [1.165, 1.54) is 26.8 Å². The topological polar surface area (TPSA) is 0 Å². The first-order valence-electron chi connectivity index (χ1n) is 6.05. The van der Waals surface area contributed by atoms with Gasteiger partial charge >= 0.3 is 0 Å². The molecule has 0 amide bonds. The van der Waals surface area contributed by atoms with E-state index in [2.05, 4.69) is 68.5 Å². The maximum Gasteiger partial charge on any atom is -0.0105 e. The third kappa shape index (κ3) is 2.31. The highest BCUT2D eigenvalue weighted by Crippen LogP contribution is 2.10. The van der Waals surface area contributed by atoms with Gasteiger partial charge in [0.05, 0.1) is 0 Å². The van der Waals surface area contributed by atoms with Crippen molar-refractivity contribution in [2.45, 2.75) is 20.8 Å². The van der Waals surface area contributed by atoms with Crippen molar-refractivity contribution in [3.8, 4) is 0 Å². The highest BCUT2D eigenvalue weighted by atomic mass is 14.0. The normalized spacial score (nSPS) is 14.1. The van der Waals surface area contributed by atoms with Gasteiger partial charge in [-0.1, -0.05) is 60.2 Å². The minimum Gasteiger partial charge on any atom is -0.0876 e. The van der Waals surface area contributed by atoms with Gasteiger partial charge in [0.1, 0.15) is 0 Å². The Kier molecular flexibility index (Phi) is 3.43. The smallest absolute Gasteiger partial charge is 0.0105 e. The van der Waals surface area contributed by atoms with Gasteiger partial charge in [0, 0.05) is 0 Å². The maximum atomic E-state index is 2.24. The average molecular weight is 222 g/mol. The average Bonchev–Trinajstić information content (AvgIpc) is 2.35. The highest BCUT2D eigenvalue weighted by Gasteiger charge is 1.96. The number of allylic oxidation sites excluding steroid dienone is 2. The van der Waals surface area contributed by atoms with Crippen molar-refractivity contribution >= 4 is 22.9 Å². The van der Waals surface area contributed by atoms with Gasteiger partial charge in [-0.05, 0) is 42.0 Å². The lowest BCUT2D eigenvalue weighted by Crippen LogP contribution is -2.24. The molecule has 0 heterocycles. The molecule has 0 atom stereocenters. The first-order valence-corrected chi connectivity index (χ1v) is 6.05. The van der Waals surface area contributed by atoms with Crippen LogP contribution in [0.3, 0.4) is 0 Å². The Morgan fingerprint density at radius 2 is 1.82 bits per heavy atom. The van der Waals surface area contributed by atoms with Crippen LogP contribution in [0, 0.1) is 6.92 Å².